The summed E-state index contributed by atoms with van der Waals surface area (Å²) in [6.07, 6.45) is 14.5. The summed E-state index contributed by atoms with van der Waals surface area (Å²) in [4.78, 5) is 27.2. The lowest BCUT2D eigenvalue weighted by Gasteiger charge is -2.34. The van der Waals surface area contributed by atoms with Crippen molar-refractivity contribution in [2.24, 2.45) is 5.92 Å². The first-order valence-corrected chi connectivity index (χ1v) is 11.7. The van der Waals surface area contributed by atoms with Crippen LogP contribution in [-0.4, -0.2) is 40.5 Å². The van der Waals surface area contributed by atoms with E-state index >= 15 is 0 Å². The number of nitrogens with one attached hydrogen (secondary N) is 2. The van der Waals surface area contributed by atoms with Crippen LogP contribution in [0.4, 0.5) is 0 Å². The summed E-state index contributed by atoms with van der Waals surface area (Å²) in [7, 11) is 3.20. The second-order valence-corrected chi connectivity index (χ2v) is 8.55. The van der Waals surface area contributed by atoms with Gasteiger partial charge in [0, 0.05) is 32.9 Å². The van der Waals surface area contributed by atoms with E-state index in [0.717, 1.165) is 19.3 Å². The summed E-state index contributed by atoms with van der Waals surface area (Å²) >= 11 is 0. The molecule has 3 N–H and O–H groups in total. The summed E-state index contributed by atoms with van der Waals surface area (Å²) in [6, 6.07) is 10.5. The maximum Gasteiger partial charge on any atom is 0.308 e. The Morgan fingerprint density at radius 3 is 2.48 bits per heavy atom. The van der Waals surface area contributed by atoms with Crippen LogP contribution in [0.25, 0.3) is 0 Å². The number of aliphatic carboxylic acids is 1. The molecular weight excluding hydrogens is 420 g/mol. The van der Waals surface area contributed by atoms with Crippen molar-refractivity contribution in [3.05, 3.63) is 66.3 Å². The number of carboxylic acids is 1. The van der Waals surface area contributed by atoms with Gasteiger partial charge in [-0.05, 0) is 36.3 Å². The molecule has 1 saturated carbocycles. The molecule has 8 heteroatoms. The van der Waals surface area contributed by atoms with Crippen LogP contribution in [-0.2, 0) is 20.9 Å². The standard InChI is InChI=1S/C25H36N4O4/c1-26-32-25(33-27-2,18-24(30)31)14-13-22(21-11-7-4-8-12-21)23(29-16-15-28-19-29)17-20-9-5-3-6-10-20/h3,5-6,9-10,13,15-16,19,21,23,26-27H,4,7-8,11-12,14,17-18H2,1-2H3,(H,30,31)/b22-13+. The van der Waals surface area contributed by atoms with Crippen LogP contribution >= 0.6 is 0 Å². The number of carboxylic acid groups (broad SMARTS) is 1. The van der Waals surface area contributed by atoms with Crippen molar-refractivity contribution >= 4 is 5.97 Å². The van der Waals surface area contributed by atoms with Gasteiger partial charge in [-0.3, -0.25) is 14.5 Å². The predicted molar refractivity (Wildman–Crippen MR) is 126 cm³/mol. The molecule has 2 aromatic rings. The lowest BCUT2D eigenvalue weighted by Crippen LogP contribution is -2.44. The lowest BCUT2D eigenvalue weighted by atomic mass is 9.78. The second kappa shape index (κ2) is 12.6. The molecule has 1 aliphatic rings. The van der Waals surface area contributed by atoms with Gasteiger partial charge in [-0.2, -0.15) is 0 Å². The van der Waals surface area contributed by atoms with Crippen molar-refractivity contribution in [1.82, 2.24) is 20.5 Å². The highest BCUT2D eigenvalue weighted by atomic mass is 16.8. The number of rotatable bonds is 13. The number of allylic oxidation sites excluding steroid dienone is 1. The zero-order valence-corrected chi connectivity index (χ0v) is 19.6. The first kappa shape index (κ1) is 25.1. The fourth-order valence-electron chi connectivity index (χ4n) is 4.82. The van der Waals surface area contributed by atoms with E-state index in [1.165, 1.54) is 30.4 Å². The fraction of sp³-hybridized carbons (Fsp3) is 0.520. The van der Waals surface area contributed by atoms with Gasteiger partial charge >= 0.3 is 5.97 Å². The summed E-state index contributed by atoms with van der Waals surface area (Å²) in [5.74, 6) is -1.95. The van der Waals surface area contributed by atoms with Crippen molar-refractivity contribution in [3.63, 3.8) is 0 Å². The smallest absolute Gasteiger partial charge is 0.308 e. The summed E-state index contributed by atoms with van der Waals surface area (Å²) in [6.45, 7) is 0. The molecule has 1 fully saturated rings. The van der Waals surface area contributed by atoms with E-state index in [-0.39, 0.29) is 18.9 Å². The van der Waals surface area contributed by atoms with Crippen molar-refractivity contribution in [2.75, 3.05) is 14.1 Å². The Bertz CT molecular complexity index is 858. The molecule has 1 aromatic carbocycles. The summed E-state index contributed by atoms with van der Waals surface area (Å²) in [5, 5.41) is 9.52. The number of benzene rings is 1. The van der Waals surface area contributed by atoms with Gasteiger partial charge in [-0.15, -0.1) is 0 Å². The minimum atomic E-state index is -1.37. The van der Waals surface area contributed by atoms with E-state index in [0.29, 0.717) is 5.92 Å². The molecular formula is C25H36N4O4. The number of nitrogens with zero attached hydrogens (tertiary/aromatic N) is 2. The van der Waals surface area contributed by atoms with E-state index in [2.05, 4.69) is 50.9 Å². The third-order valence-corrected chi connectivity index (χ3v) is 6.26. The van der Waals surface area contributed by atoms with E-state index in [9.17, 15) is 9.90 Å². The normalized spacial score (nSPS) is 16.6. The highest BCUT2D eigenvalue weighted by Gasteiger charge is 2.36. The largest absolute Gasteiger partial charge is 0.481 e. The van der Waals surface area contributed by atoms with E-state index in [4.69, 9.17) is 9.68 Å². The van der Waals surface area contributed by atoms with Crippen LogP contribution in [0, 0.1) is 5.92 Å². The molecule has 1 unspecified atom stereocenters. The first-order chi connectivity index (χ1) is 16.1. The molecule has 1 heterocycles. The van der Waals surface area contributed by atoms with E-state index in [1.807, 2.05) is 18.6 Å². The lowest BCUT2D eigenvalue weighted by molar-refractivity contribution is -0.288. The van der Waals surface area contributed by atoms with E-state index < -0.39 is 11.8 Å². The number of hydroxylamine groups is 2. The van der Waals surface area contributed by atoms with Gasteiger partial charge in [-0.1, -0.05) is 55.7 Å². The number of hydrogen-bond acceptors (Lipinski definition) is 6. The predicted octanol–water partition coefficient (Wildman–Crippen LogP) is 4.04. The fourth-order valence-corrected chi connectivity index (χ4v) is 4.82. The Morgan fingerprint density at radius 1 is 1.21 bits per heavy atom. The SMILES string of the molecule is CNOC(C/C=C(\C1CCCCC1)C(Cc1ccccc1)n1ccnc1)(CC(=O)O)ONC. The van der Waals surface area contributed by atoms with Crippen molar-refractivity contribution < 1.29 is 19.6 Å². The molecule has 1 atom stereocenters. The third kappa shape index (κ3) is 7.23. The number of imidazole rings is 1. The Hall–Kier alpha value is -2.52. The number of aromatic nitrogens is 2. The molecule has 1 aromatic heterocycles. The molecule has 0 bridgehead atoms. The van der Waals surface area contributed by atoms with Gasteiger partial charge in [0.2, 0.25) is 5.79 Å². The van der Waals surface area contributed by atoms with Crippen LogP contribution in [0.3, 0.4) is 0 Å². The molecule has 3 rings (SSSR count). The van der Waals surface area contributed by atoms with Crippen LogP contribution in [0.2, 0.25) is 0 Å². The highest BCUT2D eigenvalue weighted by Crippen LogP contribution is 2.38. The average Bonchev–Trinajstić information content (AvgIpc) is 3.34. The Labute approximate surface area is 195 Å². The molecule has 0 spiro atoms. The van der Waals surface area contributed by atoms with Gasteiger partial charge in [0.1, 0.15) is 6.42 Å². The highest BCUT2D eigenvalue weighted by molar-refractivity contribution is 5.67. The quantitative estimate of drug-likeness (QED) is 0.238. The molecule has 0 aliphatic heterocycles. The molecule has 180 valence electrons. The molecule has 1 aliphatic carbocycles. The van der Waals surface area contributed by atoms with Gasteiger partial charge < -0.3 is 9.67 Å². The van der Waals surface area contributed by atoms with Crippen molar-refractivity contribution in [2.45, 2.75) is 63.2 Å². The first-order valence-electron chi connectivity index (χ1n) is 11.7. The topological polar surface area (TPSA) is 97.6 Å². The average molecular weight is 457 g/mol. The number of hydrogen-bond donors (Lipinski definition) is 3. The van der Waals surface area contributed by atoms with Gasteiger partial charge in [-0.25, -0.2) is 15.9 Å². The molecule has 0 saturated heterocycles. The van der Waals surface area contributed by atoms with Gasteiger partial charge in [0.15, 0.2) is 0 Å². The number of carbonyl (C=O) groups is 1. The monoisotopic (exact) mass is 456 g/mol. The van der Waals surface area contributed by atoms with Crippen LogP contribution in [0.15, 0.2) is 60.7 Å². The zero-order valence-electron chi connectivity index (χ0n) is 19.6. The second-order valence-electron chi connectivity index (χ2n) is 8.55. The third-order valence-electron chi connectivity index (χ3n) is 6.26. The maximum atomic E-state index is 11.6. The van der Waals surface area contributed by atoms with Gasteiger partial charge in [0.25, 0.3) is 0 Å². The Kier molecular flexibility index (Phi) is 9.62. The van der Waals surface area contributed by atoms with Gasteiger partial charge in [0.05, 0.1) is 12.4 Å². The van der Waals surface area contributed by atoms with E-state index in [1.54, 1.807) is 20.3 Å². The Balaban J connectivity index is 2.00. The maximum absolute atomic E-state index is 11.6. The summed E-state index contributed by atoms with van der Waals surface area (Å²) in [5.41, 5.74) is 7.78. The molecule has 0 amide bonds. The summed E-state index contributed by atoms with van der Waals surface area (Å²) < 4.78 is 2.16. The molecule has 33 heavy (non-hydrogen) atoms. The minimum Gasteiger partial charge on any atom is -0.481 e. The van der Waals surface area contributed by atoms with Crippen LogP contribution < -0.4 is 11.0 Å². The van der Waals surface area contributed by atoms with Crippen molar-refractivity contribution in [3.8, 4) is 0 Å². The molecule has 8 nitrogen and oxygen atoms in total. The van der Waals surface area contributed by atoms with Crippen molar-refractivity contribution in [1.29, 1.82) is 0 Å². The zero-order chi connectivity index (χ0) is 23.5. The molecule has 0 radical (unpaired) electrons. The Morgan fingerprint density at radius 2 is 1.91 bits per heavy atom. The minimum absolute atomic E-state index is 0.0738. The van der Waals surface area contributed by atoms with Crippen LogP contribution in [0.1, 0.15) is 56.6 Å². The van der Waals surface area contributed by atoms with Crippen LogP contribution in [0.5, 0.6) is 0 Å².